The molecule has 1 aromatic rings. The Morgan fingerprint density at radius 2 is 2.29 bits per heavy atom. The maximum absolute atomic E-state index is 10.5. The van der Waals surface area contributed by atoms with Crippen LogP contribution in [0.1, 0.15) is 23.2 Å². The summed E-state index contributed by atoms with van der Waals surface area (Å²) in [5, 5.41) is 0. The molecule has 2 nitrogen and oxygen atoms in total. The smallest absolute Gasteiger partial charge is 0.150 e. The summed E-state index contributed by atoms with van der Waals surface area (Å²) in [7, 11) is 0. The third-order valence-corrected chi connectivity index (χ3v) is 2.92. The summed E-state index contributed by atoms with van der Waals surface area (Å²) in [5.74, 6) is 1.49. The average molecular weight is 255 g/mol. The number of carbonyl (C=O) groups excluding carboxylic acids is 1. The van der Waals surface area contributed by atoms with E-state index in [4.69, 9.17) is 4.74 Å². The van der Waals surface area contributed by atoms with Gasteiger partial charge in [0.05, 0.1) is 11.1 Å². The van der Waals surface area contributed by atoms with E-state index in [-0.39, 0.29) is 0 Å². The van der Waals surface area contributed by atoms with Gasteiger partial charge in [0.25, 0.3) is 0 Å². The average Bonchev–Trinajstić information content (AvgIpc) is 3.00. The number of rotatable bonds is 4. The highest BCUT2D eigenvalue weighted by molar-refractivity contribution is 9.10. The molecule has 0 aromatic heterocycles. The van der Waals surface area contributed by atoms with Crippen LogP contribution < -0.4 is 4.74 Å². The van der Waals surface area contributed by atoms with Gasteiger partial charge in [-0.05, 0) is 46.8 Å². The fourth-order valence-corrected chi connectivity index (χ4v) is 1.56. The Hall–Kier alpha value is -0.830. The largest absolute Gasteiger partial charge is 0.492 e. The Morgan fingerprint density at radius 1 is 1.50 bits per heavy atom. The SMILES string of the molecule is O=Cc1ccc(Br)c(OCC2CC2)c1. The van der Waals surface area contributed by atoms with E-state index in [1.54, 1.807) is 12.1 Å². The summed E-state index contributed by atoms with van der Waals surface area (Å²) >= 11 is 3.39. The monoisotopic (exact) mass is 254 g/mol. The Labute approximate surface area is 91.4 Å². The maximum atomic E-state index is 10.5. The number of benzene rings is 1. The molecule has 0 N–H and O–H groups in total. The Kier molecular flexibility index (Phi) is 2.87. The van der Waals surface area contributed by atoms with Crippen LogP contribution in [-0.2, 0) is 0 Å². The van der Waals surface area contributed by atoms with Gasteiger partial charge in [0.1, 0.15) is 12.0 Å². The minimum absolute atomic E-state index is 0.652. The third-order valence-electron chi connectivity index (χ3n) is 2.26. The molecule has 0 radical (unpaired) electrons. The number of aldehydes is 1. The van der Waals surface area contributed by atoms with Crippen molar-refractivity contribution in [2.75, 3.05) is 6.61 Å². The van der Waals surface area contributed by atoms with Gasteiger partial charge in [-0.15, -0.1) is 0 Å². The summed E-state index contributed by atoms with van der Waals surface area (Å²) in [6.07, 6.45) is 3.37. The molecule has 1 aliphatic carbocycles. The minimum atomic E-state index is 0.652. The van der Waals surface area contributed by atoms with Gasteiger partial charge < -0.3 is 4.74 Å². The van der Waals surface area contributed by atoms with Crippen LogP contribution in [0.4, 0.5) is 0 Å². The van der Waals surface area contributed by atoms with E-state index >= 15 is 0 Å². The molecule has 3 heteroatoms. The molecule has 74 valence electrons. The van der Waals surface area contributed by atoms with Gasteiger partial charge in [-0.25, -0.2) is 0 Å². The molecule has 0 atom stereocenters. The first-order valence-electron chi connectivity index (χ1n) is 4.67. The molecular formula is C11H11BrO2. The molecule has 2 rings (SSSR count). The summed E-state index contributed by atoms with van der Waals surface area (Å²) in [5.41, 5.74) is 0.652. The quantitative estimate of drug-likeness (QED) is 0.773. The molecule has 1 aromatic carbocycles. The summed E-state index contributed by atoms with van der Waals surface area (Å²) in [6.45, 7) is 0.765. The van der Waals surface area contributed by atoms with Crippen LogP contribution >= 0.6 is 15.9 Å². The van der Waals surface area contributed by atoms with E-state index in [1.165, 1.54) is 12.8 Å². The Bertz CT molecular complexity index is 345. The van der Waals surface area contributed by atoms with Gasteiger partial charge in [0, 0.05) is 5.56 Å². The molecule has 0 aliphatic heterocycles. The third kappa shape index (κ3) is 2.35. The molecule has 1 fully saturated rings. The topological polar surface area (TPSA) is 26.3 Å². The van der Waals surface area contributed by atoms with Gasteiger partial charge in [-0.3, -0.25) is 4.79 Å². The lowest BCUT2D eigenvalue weighted by atomic mass is 10.2. The molecule has 0 saturated heterocycles. The molecule has 14 heavy (non-hydrogen) atoms. The maximum Gasteiger partial charge on any atom is 0.150 e. The molecule has 0 unspecified atom stereocenters. The summed E-state index contributed by atoms with van der Waals surface area (Å²) < 4.78 is 6.50. The lowest BCUT2D eigenvalue weighted by Gasteiger charge is -2.07. The van der Waals surface area contributed by atoms with E-state index in [9.17, 15) is 4.79 Å². The first kappa shape index (κ1) is 9.71. The van der Waals surface area contributed by atoms with E-state index in [0.717, 1.165) is 29.0 Å². The number of hydrogen-bond donors (Lipinski definition) is 0. The number of carbonyl (C=O) groups is 1. The van der Waals surface area contributed by atoms with Crippen molar-refractivity contribution in [3.8, 4) is 5.75 Å². The van der Waals surface area contributed by atoms with Gasteiger partial charge in [-0.2, -0.15) is 0 Å². The first-order chi connectivity index (χ1) is 6.79. The van der Waals surface area contributed by atoms with Crippen LogP contribution in [-0.4, -0.2) is 12.9 Å². The standard InChI is InChI=1S/C11H11BrO2/c12-10-4-3-9(6-13)5-11(10)14-7-8-1-2-8/h3-6,8H,1-2,7H2. The van der Waals surface area contributed by atoms with Gasteiger partial charge in [0.2, 0.25) is 0 Å². The van der Waals surface area contributed by atoms with Crippen molar-refractivity contribution < 1.29 is 9.53 Å². The van der Waals surface area contributed by atoms with Crippen molar-refractivity contribution in [3.05, 3.63) is 28.2 Å². The summed E-state index contributed by atoms with van der Waals surface area (Å²) in [6, 6.07) is 5.37. The van der Waals surface area contributed by atoms with Crippen molar-refractivity contribution in [2.24, 2.45) is 5.92 Å². The minimum Gasteiger partial charge on any atom is -0.492 e. The van der Waals surface area contributed by atoms with Crippen molar-refractivity contribution in [3.63, 3.8) is 0 Å². The van der Waals surface area contributed by atoms with Crippen molar-refractivity contribution in [1.82, 2.24) is 0 Å². The highest BCUT2D eigenvalue weighted by Crippen LogP contribution is 2.32. The second-order valence-electron chi connectivity index (χ2n) is 3.56. The van der Waals surface area contributed by atoms with Crippen LogP contribution in [0.2, 0.25) is 0 Å². The fourth-order valence-electron chi connectivity index (χ4n) is 1.20. The van der Waals surface area contributed by atoms with E-state index in [0.29, 0.717) is 5.56 Å². The van der Waals surface area contributed by atoms with Crippen LogP contribution in [0.15, 0.2) is 22.7 Å². The lowest BCUT2D eigenvalue weighted by Crippen LogP contribution is -1.99. The zero-order valence-electron chi connectivity index (χ0n) is 7.70. The van der Waals surface area contributed by atoms with Gasteiger partial charge in [0.15, 0.2) is 0 Å². The number of ether oxygens (including phenoxy) is 1. The number of hydrogen-bond acceptors (Lipinski definition) is 2. The van der Waals surface area contributed by atoms with E-state index in [1.807, 2.05) is 6.07 Å². The molecular weight excluding hydrogens is 244 g/mol. The van der Waals surface area contributed by atoms with Crippen LogP contribution in [0.5, 0.6) is 5.75 Å². The molecule has 1 saturated carbocycles. The highest BCUT2D eigenvalue weighted by atomic mass is 79.9. The van der Waals surface area contributed by atoms with Crippen LogP contribution in [0.25, 0.3) is 0 Å². The van der Waals surface area contributed by atoms with Crippen molar-refractivity contribution in [1.29, 1.82) is 0 Å². The van der Waals surface area contributed by atoms with Gasteiger partial charge in [-0.1, -0.05) is 6.07 Å². The first-order valence-corrected chi connectivity index (χ1v) is 5.46. The number of halogens is 1. The zero-order valence-corrected chi connectivity index (χ0v) is 9.29. The molecule has 0 spiro atoms. The lowest BCUT2D eigenvalue weighted by molar-refractivity contribution is 0.112. The highest BCUT2D eigenvalue weighted by Gasteiger charge is 2.22. The predicted octanol–water partition coefficient (Wildman–Crippen LogP) is 3.05. The normalized spacial score (nSPS) is 15.2. The Balaban J connectivity index is 2.08. The van der Waals surface area contributed by atoms with Crippen LogP contribution in [0, 0.1) is 5.92 Å². The van der Waals surface area contributed by atoms with E-state index < -0.39 is 0 Å². The van der Waals surface area contributed by atoms with Gasteiger partial charge >= 0.3 is 0 Å². The van der Waals surface area contributed by atoms with Crippen molar-refractivity contribution in [2.45, 2.75) is 12.8 Å². The second kappa shape index (κ2) is 4.13. The summed E-state index contributed by atoms with van der Waals surface area (Å²) in [4.78, 5) is 10.5. The second-order valence-corrected chi connectivity index (χ2v) is 4.42. The molecule has 1 aliphatic rings. The zero-order chi connectivity index (χ0) is 9.97. The van der Waals surface area contributed by atoms with E-state index in [2.05, 4.69) is 15.9 Å². The van der Waals surface area contributed by atoms with Crippen molar-refractivity contribution >= 4 is 22.2 Å². The Morgan fingerprint density at radius 3 is 2.93 bits per heavy atom. The molecule has 0 bridgehead atoms. The fraction of sp³-hybridized carbons (Fsp3) is 0.364. The molecule has 0 heterocycles. The predicted molar refractivity (Wildman–Crippen MR) is 57.7 cm³/mol. The molecule has 0 amide bonds. The van der Waals surface area contributed by atoms with Crippen LogP contribution in [0.3, 0.4) is 0 Å².